The molecule has 0 aliphatic carbocycles. The molecule has 0 aliphatic rings. The molecular weight excluding hydrogens is 210 g/mol. The Labute approximate surface area is 101 Å². The molecule has 0 atom stereocenters. The molecule has 88 valence electrons. The van der Waals surface area contributed by atoms with Gasteiger partial charge in [-0.15, -0.1) is 0 Å². The van der Waals surface area contributed by atoms with E-state index >= 15 is 0 Å². The maximum atomic E-state index is 11.4. The third kappa shape index (κ3) is 3.59. The van der Waals surface area contributed by atoms with Gasteiger partial charge in [-0.05, 0) is 37.3 Å². The zero-order valence-corrected chi connectivity index (χ0v) is 9.86. The number of nitrogens with one attached hydrogen (secondary N) is 1. The lowest BCUT2D eigenvalue weighted by Gasteiger charge is -2.01. The number of hydrogen-bond donors (Lipinski definition) is 1. The summed E-state index contributed by atoms with van der Waals surface area (Å²) >= 11 is 0. The lowest BCUT2D eigenvalue weighted by molar-refractivity contribution is 0.729. The first kappa shape index (κ1) is 11.6. The van der Waals surface area contributed by atoms with E-state index in [4.69, 9.17) is 0 Å². The van der Waals surface area contributed by atoms with Gasteiger partial charge in [0.2, 0.25) is 0 Å². The second-order valence-electron chi connectivity index (χ2n) is 4.22. The average Bonchev–Trinajstić information content (AvgIpc) is 2.38. The zero-order chi connectivity index (χ0) is 11.9. The van der Waals surface area contributed by atoms with Crippen LogP contribution < -0.4 is 5.56 Å². The van der Waals surface area contributed by atoms with E-state index in [1.54, 1.807) is 6.20 Å². The molecule has 0 saturated heterocycles. The van der Waals surface area contributed by atoms with Crippen molar-refractivity contribution < 1.29 is 0 Å². The fraction of sp³-hybridized carbons (Fsp3) is 0.267. The van der Waals surface area contributed by atoms with Gasteiger partial charge in [0.25, 0.3) is 5.56 Å². The van der Waals surface area contributed by atoms with Crippen molar-refractivity contribution in [2.24, 2.45) is 0 Å². The molecule has 0 aliphatic heterocycles. The summed E-state index contributed by atoms with van der Waals surface area (Å²) in [7, 11) is 0. The minimum Gasteiger partial charge on any atom is -0.329 e. The molecular formula is C15H17NO. The van der Waals surface area contributed by atoms with Crippen LogP contribution in [0, 0.1) is 0 Å². The quantitative estimate of drug-likeness (QED) is 0.783. The van der Waals surface area contributed by atoms with Gasteiger partial charge in [0.05, 0.1) is 0 Å². The topological polar surface area (TPSA) is 32.9 Å². The lowest BCUT2D eigenvalue weighted by Crippen LogP contribution is -2.10. The van der Waals surface area contributed by atoms with E-state index in [9.17, 15) is 4.79 Å². The Bertz CT molecular complexity index is 502. The predicted octanol–water partition coefficient (Wildman–Crippen LogP) is 2.94. The third-order valence-electron chi connectivity index (χ3n) is 2.90. The minimum absolute atomic E-state index is 0.0483. The van der Waals surface area contributed by atoms with Gasteiger partial charge in [-0.25, -0.2) is 0 Å². The van der Waals surface area contributed by atoms with Gasteiger partial charge in [-0.3, -0.25) is 4.79 Å². The highest BCUT2D eigenvalue weighted by Crippen LogP contribution is 2.06. The van der Waals surface area contributed by atoms with Crippen molar-refractivity contribution in [3.05, 3.63) is 70.1 Å². The van der Waals surface area contributed by atoms with Crippen LogP contribution in [0.1, 0.15) is 24.0 Å². The fourth-order valence-corrected chi connectivity index (χ4v) is 1.94. The van der Waals surface area contributed by atoms with Crippen LogP contribution in [0.2, 0.25) is 0 Å². The second-order valence-corrected chi connectivity index (χ2v) is 4.22. The van der Waals surface area contributed by atoms with E-state index in [0.717, 1.165) is 31.2 Å². The van der Waals surface area contributed by atoms with E-state index in [1.807, 2.05) is 18.2 Å². The van der Waals surface area contributed by atoms with Crippen LogP contribution in [0.3, 0.4) is 0 Å². The number of aryl methyl sites for hydroxylation is 2. The highest BCUT2D eigenvalue weighted by Gasteiger charge is 1.98. The summed E-state index contributed by atoms with van der Waals surface area (Å²) in [4.78, 5) is 14.1. The maximum Gasteiger partial charge on any atom is 0.251 e. The Morgan fingerprint density at radius 1 is 0.882 bits per heavy atom. The molecule has 0 amide bonds. The van der Waals surface area contributed by atoms with E-state index in [1.165, 1.54) is 5.56 Å². The molecule has 1 aromatic heterocycles. The highest BCUT2D eigenvalue weighted by atomic mass is 16.1. The largest absolute Gasteiger partial charge is 0.329 e. The molecule has 1 N–H and O–H groups in total. The Balaban J connectivity index is 1.78. The molecule has 1 heterocycles. The zero-order valence-electron chi connectivity index (χ0n) is 9.86. The molecule has 17 heavy (non-hydrogen) atoms. The molecule has 0 bridgehead atoms. The molecule has 0 saturated carbocycles. The van der Waals surface area contributed by atoms with Crippen molar-refractivity contribution in [1.29, 1.82) is 0 Å². The van der Waals surface area contributed by atoms with Crippen molar-refractivity contribution in [3.63, 3.8) is 0 Å². The van der Waals surface area contributed by atoms with Crippen LogP contribution in [0.4, 0.5) is 0 Å². The number of unbranched alkanes of at least 4 members (excludes halogenated alkanes) is 1. The molecule has 0 spiro atoms. The summed E-state index contributed by atoms with van der Waals surface area (Å²) < 4.78 is 0. The first-order valence-electron chi connectivity index (χ1n) is 6.07. The Kier molecular flexibility index (Phi) is 4.14. The van der Waals surface area contributed by atoms with E-state index in [-0.39, 0.29) is 5.56 Å². The van der Waals surface area contributed by atoms with Gasteiger partial charge >= 0.3 is 0 Å². The first-order chi connectivity index (χ1) is 8.36. The van der Waals surface area contributed by atoms with Crippen LogP contribution in [0.25, 0.3) is 0 Å². The van der Waals surface area contributed by atoms with Crippen molar-refractivity contribution >= 4 is 0 Å². The van der Waals surface area contributed by atoms with Crippen LogP contribution in [0.5, 0.6) is 0 Å². The smallest absolute Gasteiger partial charge is 0.251 e. The number of benzene rings is 1. The molecule has 1 aromatic carbocycles. The Hall–Kier alpha value is -1.83. The molecule has 0 fully saturated rings. The summed E-state index contributed by atoms with van der Waals surface area (Å²) in [6.07, 6.45) is 5.81. The summed E-state index contributed by atoms with van der Waals surface area (Å²) in [6.45, 7) is 0. The number of hydrogen-bond acceptors (Lipinski definition) is 1. The van der Waals surface area contributed by atoms with Crippen LogP contribution in [0.15, 0.2) is 53.5 Å². The Morgan fingerprint density at radius 2 is 1.65 bits per heavy atom. The van der Waals surface area contributed by atoms with E-state index in [2.05, 4.69) is 29.2 Å². The highest BCUT2D eigenvalue weighted by molar-refractivity contribution is 5.14. The SMILES string of the molecule is O=c1[nH]cccc1CCCCc1ccccc1. The van der Waals surface area contributed by atoms with Crippen LogP contribution >= 0.6 is 0 Å². The third-order valence-corrected chi connectivity index (χ3v) is 2.90. The normalized spacial score (nSPS) is 10.4. The minimum atomic E-state index is 0.0483. The van der Waals surface area contributed by atoms with Crippen molar-refractivity contribution in [3.8, 4) is 0 Å². The number of aromatic nitrogens is 1. The fourth-order valence-electron chi connectivity index (χ4n) is 1.94. The number of aromatic amines is 1. The predicted molar refractivity (Wildman–Crippen MR) is 70.1 cm³/mol. The summed E-state index contributed by atoms with van der Waals surface area (Å²) in [5.41, 5.74) is 2.31. The van der Waals surface area contributed by atoms with Gasteiger partial charge in [-0.2, -0.15) is 0 Å². The number of rotatable bonds is 5. The van der Waals surface area contributed by atoms with Gasteiger partial charge in [0, 0.05) is 11.8 Å². The van der Waals surface area contributed by atoms with E-state index < -0.39 is 0 Å². The van der Waals surface area contributed by atoms with Crippen molar-refractivity contribution in [2.75, 3.05) is 0 Å². The molecule has 2 aromatic rings. The van der Waals surface area contributed by atoms with Crippen LogP contribution in [-0.4, -0.2) is 4.98 Å². The van der Waals surface area contributed by atoms with Gasteiger partial charge in [-0.1, -0.05) is 36.4 Å². The molecule has 2 heteroatoms. The molecule has 0 radical (unpaired) electrons. The molecule has 2 rings (SSSR count). The van der Waals surface area contributed by atoms with Crippen molar-refractivity contribution in [1.82, 2.24) is 4.98 Å². The summed E-state index contributed by atoms with van der Waals surface area (Å²) in [6, 6.07) is 14.3. The number of H-pyrrole nitrogens is 1. The standard InChI is InChI=1S/C15H17NO/c17-15-14(11-6-12-16-15)10-5-4-9-13-7-2-1-3-8-13/h1-3,6-8,11-12H,4-5,9-10H2,(H,16,17). The van der Waals surface area contributed by atoms with Crippen LogP contribution in [-0.2, 0) is 12.8 Å². The summed E-state index contributed by atoms with van der Waals surface area (Å²) in [5, 5.41) is 0. The number of pyridine rings is 1. The average molecular weight is 227 g/mol. The molecule has 0 unspecified atom stereocenters. The van der Waals surface area contributed by atoms with Crippen molar-refractivity contribution in [2.45, 2.75) is 25.7 Å². The van der Waals surface area contributed by atoms with E-state index in [0.29, 0.717) is 0 Å². The Morgan fingerprint density at radius 3 is 2.41 bits per heavy atom. The lowest BCUT2D eigenvalue weighted by atomic mass is 10.0. The van der Waals surface area contributed by atoms with Gasteiger partial charge in [0.15, 0.2) is 0 Å². The molecule has 2 nitrogen and oxygen atoms in total. The van der Waals surface area contributed by atoms with Gasteiger partial charge in [0.1, 0.15) is 0 Å². The van der Waals surface area contributed by atoms with Gasteiger partial charge < -0.3 is 4.98 Å². The monoisotopic (exact) mass is 227 g/mol. The first-order valence-corrected chi connectivity index (χ1v) is 6.07. The maximum absolute atomic E-state index is 11.4. The second kappa shape index (κ2) is 6.04. The summed E-state index contributed by atoms with van der Waals surface area (Å²) in [5.74, 6) is 0.